The van der Waals surface area contributed by atoms with Crippen molar-refractivity contribution >= 4 is 11.6 Å². The van der Waals surface area contributed by atoms with E-state index in [0.717, 1.165) is 0 Å². The Hall–Kier alpha value is -0.840. The van der Waals surface area contributed by atoms with Gasteiger partial charge in [-0.05, 0) is 13.1 Å². The fourth-order valence-corrected chi connectivity index (χ4v) is 0.967. The van der Waals surface area contributed by atoms with Crippen LogP contribution in [-0.4, -0.2) is 42.0 Å². The predicted octanol–water partition coefficient (Wildman–Crippen LogP) is 1.12. The summed E-state index contributed by atoms with van der Waals surface area (Å²) < 4.78 is 24.9. The lowest BCUT2D eigenvalue weighted by Gasteiger charge is -2.17. The van der Waals surface area contributed by atoms with Crippen LogP contribution in [0.1, 0.15) is 20.8 Å². The molecule has 0 aliphatic heterocycles. The van der Waals surface area contributed by atoms with Gasteiger partial charge in [-0.1, -0.05) is 13.8 Å². The summed E-state index contributed by atoms with van der Waals surface area (Å²) in [7, 11) is 0. The van der Waals surface area contributed by atoms with Gasteiger partial charge in [0.25, 0.3) is 5.78 Å². The molecule has 0 N–H and O–H groups in total. The van der Waals surface area contributed by atoms with Gasteiger partial charge in [-0.25, -0.2) is 0 Å². The summed E-state index contributed by atoms with van der Waals surface area (Å²) in [5.74, 6) is -6.19. The van der Waals surface area contributed by atoms with Gasteiger partial charge in [0.1, 0.15) is 0 Å². The van der Waals surface area contributed by atoms with Crippen LogP contribution in [0.2, 0.25) is 0 Å². The van der Waals surface area contributed by atoms with Gasteiger partial charge < -0.3 is 0 Å². The second kappa shape index (κ2) is 5.14. The van der Waals surface area contributed by atoms with Crippen molar-refractivity contribution in [3.05, 3.63) is 0 Å². The van der Waals surface area contributed by atoms with Crippen molar-refractivity contribution in [3.63, 3.8) is 0 Å². The molecule has 0 aromatic rings. The van der Waals surface area contributed by atoms with Crippen LogP contribution in [0.5, 0.6) is 0 Å². The standard InChI is InChI=1S/C9H15F2NO2/c1-4-12(5-2)6-7(13)8(14)9(3,10)11/h4-6H2,1-3H3. The van der Waals surface area contributed by atoms with E-state index < -0.39 is 17.5 Å². The predicted molar refractivity (Wildman–Crippen MR) is 48.4 cm³/mol. The van der Waals surface area contributed by atoms with Gasteiger partial charge in [-0.3, -0.25) is 14.5 Å². The van der Waals surface area contributed by atoms with E-state index in [2.05, 4.69) is 0 Å². The van der Waals surface area contributed by atoms with Crippen LogP contribution >= 0.6 is 0 Å². The molecule has 0 rings (SSSR count). The molecule has 0 aromatic carbocycles. The van der Waals surface area contributed by atoms with Crippen molar-refractivity contribution in [3.8, 4) is 0 Å². The molecule has 0 fully saturated rings. The summed E-state index contributed by atoms with van der Waals surface area (Å²) in [5.41, 5.74) is 0. The summed E-state index contributed by atoms with van der Waals surface area (Å²) >= 11 is 0. The number of carbonyl (C=O) groups is 2. The van der Waals surface area contributed by atoms with Crippen LogP contribution in [0.15, 0.2) is 0 Å². The van der Waals surface area contributed by atoms with Crippen LogP contribution in [0, 0.1) is 0 Å². The Labute approximate surface area is 82.1 Å². The van der Waals surface area contributed by atoms with Crippen molar-refractivity contribution in [2.75, 3.05) is 19.6 Å². The zero-order valence-electron chi connectivity index (χ0n) is 8.64. The van der Waals surface area contributed by atoms with E-state index in [1.807, 2.05) is 0 Å². The SMILES string of the molecule is CCN(CC)CC(=O)C(=O)C(C)(F)F. The molecule has 82 valence electrons. The van der Waals surface area contributed by atoms with Gasteiger partial charge in [0.15, 0.2) is 0 Å². The van der Waals surface area contributed by atoms with Crippen molar-refractivity contribution in [1.82, 2.24) is 4.90 Å². The third kappa shape index (κ3) is 3.91. The highest BCUT2D eigenvalue weighted by Gasteiger charge is 2.37. The van der Waals surface area contributed by atoms with Crippen LogP contribution in [-0.2, 0) is 9.59 Å². The lowest BCUT2D eigenvalue weighted by Crippen LogP contribution is -2.39. The molecule has 0 bridgehead atoms. The number of hydrogen-bond donors (Lipinski definition) is 0. The van der Waals surface area contributed by atoms with E-state index in [1.54, 1.807) is 18.7 Å². The quantitative estimate of drug-likeness (QED) is 0.612. The van der Waals surface area contributed by atoms with Crippen LogP contribution in [0.4, 0.5) is 8.78 Å². The molecule has 0 aliphatic carbocycles. The maximum atomic E-state index is 12.4. The summed E-state index contributed by atoms with van der Waals surface area (Å²) in [6.45, 7) is 4.93. The van der Waals surface area contributed by atoms with Gasteiger partial charge in [0, 0.05) is 6.92 Å². The summed E-state index contributed by atoms with van der Waals surface area (Å²) in [4.78, 5) is 23.5. The molecular formula is C9H15F2NO2. The van der Waals surface area contributed by atoms with E-state index in [9.17, 15) is 18.4 Å². The monoisotopic (exact) mass is 207 g/mol. The Bertz CT molecular complexity index is 219. The Morgan fingerprint density at radius 1 is 1.21 bits per heavy atom. The van der Waals surface area contributed by atoms with Crippen molar-refractivity contribution in [2.24, 2.45) is 0 Å². The number of likely N-dealkylation sites (N-methyl/N-ethyl adjacent to an activating group) is 1. The Morgan fingerprint density at radius 3 is 1.93 bits per heavy atom. The second-order valence-electron chi connectivity index (χ2n) is 3.10. The molecule has 0 aromatic heterocycles. The van der Waals surface area contributed by atoms with Gasteiger partial charge in [-0.2, -0.15) is 8.78 Å². The first-order valence-electron chi connectivity index (χ1n) is 4.50. The lowest BCUT2D eigenvalue weighted by atomic mass is 10.1. The minimum absolute atomic E-state index is 0.227. The highest BCUT2D eigenvalue weighted by Crippen LogP contribution is 2.13. The Balaban J connectivity index is 4.29. The third-order valence-corrected chi connectivity index (χ3v) is 1.91. The number of ketones is 2. The number of hydrogen-bond acceptors (Lipinski definition) is 3. The van der Waals surface area contributed by atoms with E-state index in [0.29, 0.717) is 20.0 Å². The molecule has 14 heavy (non-hydrogen) atoms. The number of rotatable bonds is 6. The first-order chi connectivity index (χ1) is 6.32. The topological polar surface area (TPSA) is 37.4 Å². The number of alkyl halides is 2. The van der Waals surface area contributed by atoms with Crippen LogP contribution in [0.25, 0.3) is 0 Å². The van der Waals surface area contributed by atoms with Crippen molar-refractivity contribution < 1.29 is 18.4 Å². The molecule has 0 amide bonds. The molecule has 0 saturated heterocycles. The Kier molecular flexibility index (Phi) is 4.83. The minimum atomic E-state index is -3.55. The molecule has 5 heteroatoms. The van der Waals surface area contributed by atoms with E-state index in [1.165, 1.54) is 0 Å². The third-order valence-electron chi connectivity index (χ3n) is 1.91. The fourth-order valence-electron chi connectivity index (χ4n) is 0.967. The van der Waals surface area contributed by atoms with Gasteiger partial charge in [-0.15, -0.1) is 0 Å². The zero-order valence-corrected chi connectivity index (χ0v) is 8.64. The Morgan fingerprint density at radius 2 is 1.64 bits per heavy atom. The lowest BCUT2D eigenvalue weighted by molar-refractivity contribution is -0.151. The highest BCUT2D eigenvalue weighted by molar-refractivity contribution is 6.40. The molecule has 0 atom stereocenters. The second-order valence-corrected chi connectivity index (χ2v) is 3.10. The largest absolute Gasteiger partial charge is 0.310 e. The smallest absolute Gasteiger partial charge is 0.296 e. The average Bonchev–Trinajstić information content (AvgIpc) is 2.11. The molecule has 0 aliphatic rings. The van der Waals surface area contributed by atoms with Gasteiger partial charge >= 0.3 is 5.92 Å². The van der Waals surface area contributed by atoms with E-state index >= 15 is 0 Å². The fraction of sp³-hybridized carbons (Fsp3) is 0.778. The molecule has 3 nitrogen and oxygen atoms in total. The van der Waals surface area contributed by atoms with Gasteiger partial charge in [0.2, 0.25) is 5.78 Å². The number of carbonyl (C=O) groups excluding carboxylic acids is 2. The number of halogens is 2. The highest BCUT2D eigenvalue weighted by atomic mass is 19.3. The average molecular weight is 207 g/mol. The first-order valence-corrected chi connectivity index (χ1v) is 4.50. The molecule has 0 heterocycles. The maximum absolute atomic E-state index is 12.4. The van der Waals surface area contributed by atoms with Crippen LogP contribution < -0.4 is 0 Å². The number of nitrogens with zero attached hydrogens (tertiary/aromatic N) is 1. The van der Waals surface area contributed by atoms with Crippen LogP contribution in [0.3, 0.4) is 0 Å². The molecule has 0 radical (unpaired) electrons. The summed E-state index contributed by atoms with van der Waals surface area (Å²) in [5, 5.41) is 0. The number of Topliss-reactive ketones (excluding diaryl/α,β-unsaturated/α-hetero) is 2. The first kappa shape index (κ1) is 13.2. The zero-order chi connectivity index (χ0) is 11.4. The molecule has 0 unspecified atom stereocenters. The molecular weight excluding hydrogens is 192 g/mol. The maximum Gasteiger partial charge on any atom is 0.310 e. The minimum Gasteiger partial charge on any atom is -0.296 e. The summed E-state index contributed by atoms with van der Waals surface area (Å²) in [6, 6.07) is 0. The van der Waals surface area contributed by atoms with Gasteiger partial charge in [0.05, 0.1) is 6.54 Å². The normalized spacial score (nSPS) is 11.9. The van der Waals surface area contributed by atoms with Crippen molar-refractivity contribution in [1.29, 1.82) is 0 Å². The summed E-state index contributed by atoms with van der Waals surface area (Å²) in [6.07, 6.45) is 0. The molecule has 0 saturated carbocycles. The molecule has 0 spiro atoms. The van der Waals surface area contributed by atoms with Crippen molar-refractivity contribution in [2.45, 2.75) is 26.7 Å². The van der Waals surface area contributed by atoms with E-state index in [-0.39, 0.29) is 6.54 Å². The van der Waals surface area contributed by atoms with E-state index in [4.69, 9.17) is 0 Å².